The topological polar surface area (TPSA) is 57.8 Å². The maximum absolute atomic E-state index is 6.53. The van der Waals surface area contributed by atoms with E-state index in [2.05, 4.69) is 117 Å². The van der Waals surface area contributed by atoms with Crippen LogP contribution in [0.2, 0.25) is 0 Å². The molecule has 8 rings (SSSR count). The van der Waals surface area contributed by atoms with Gasteiger partial charge in [-0.1, -0.05) is 30.3 Å². The summed E-state index contributed by atoms with van der Waals surface area (Å²) in [4.78, 5) is 9.28. The van der Waals surface area contributed by atoms with Crippen LogP contribution in [0.3, 0.4) is 0 Å². The van der Waals surface area contributed by atoms with Gasteiger partial charge in [0.2, 0.25) is 0 Å². The summed E-state index contributed by atoms with van der Waals surface area (Å²) < 4.78 is 10.8. The summed E-state index contributed by atoms with van der Waals surface area (Å²) in [6.07, 6.45) is 3.70. The van der Waals surface area contributed by atoms with Crippen LogP contribution < -0.4 is 4.74 Å². The van der Waals surface area contributed by atoms with Crippen molar-refractivity contribution in [1.82, 2.24) is 24.3 Å². The molecule has 6 nitrogen and oxygen atoms in total. The van der Waals surface area contributed by atoms with E-state index < -0.39 is 0 Å². The van der Waals surface area contributed by atoms with E-state index in [0.29, 0.717) is 0 Å². The molecule has 4 aromatic heterocycles. The molecule has 0 amide bonds. The standard InChI is InChI=1S/C42H35N5O/c1-26-18-20-44-40(21-26)46-38-15-7-6-13-35(38)36-17-16-34(25-39(36)46)48-33-12-10-11-32(24-33)47-30(5)42(29(4)45-47)41-27(2)22-31(23-28(41)3)37-14-8-9-19-43-37/h6-25H,1-5H3. The van der Waals surface area contributed by atoms with Gasteiger partial charge in [0.05, 0.1) is 28.1 Å². The maximum atomic E-state index is 6.53. The summed E-state index contributed by atoms with van der Waals surface area (Å²) in [5, 5.41) is 7.36. The molecular formula is C42H35N5O. The highest BCUT2D eigenvalue weighted by atomic mass is 16.5. The lowest BCUT2D eigenvalue weighted by Crippen LogP contribution is -2.00. The van der Waals surface area contributed by atoms with Gasteiger partial charge in [-0.15, -0.1) is 0 Å². The average molecular weight is 626 g/mol. The molecule has 0 saturated carbocycles. The third kappa shape index (κ3) is 5.03. The van der Waals surface area contributed by atoms with Crippen LogP contribution >= 0.6 is 0 Å². The Bertz CT molecular complexity index is 2470. The van der Waals surface area contributed by atoms with E-state index in [-0.39, 0.29) is 0 Å². The van der Waals surface area contributed by atoms with Gasteiger partial charge in [-0.2, -0.15) is 5.10 Å². The first kappa shape index (κ1) is 29.4. The van der Waals surface area contributed by atoms with E-state index in [4.69, 9.17) is 14.8 Å². The second-order valence-electron chi connectivity index (χ2n) is 12.5. The van der Waals surface area contributed by atoms with Gasteiger partial charge in [0.1, 0.15) is 17.3 Å². The Hall–Kier alpha value is -6.01. The minimum absolute atomic E-state index is 0.740. The minimum Gasteiger partial charge on any atom is -0.457 e. The Labute approximate surface area is 279 Å². The highest BCUT2D eigenvalue weighted by molar-refractivity contribution is 6.09. The van der Waals surface area contributed by atoms with Crippen molar-refractivity contribution in [2.45, 2.75) is 34.6 Å². The number of pyridine rings is 2. The van der Waals surface area contributed by atoms with Crippen LogP contribution in [0.25, 0.3) is 55.7 Å². The predicted octanol–water partition coefficient (Wildman–Crippen LogP) is 10.4. The smallest absolute Gasteiger partial charge is 0.137 e. The summed E-state index contributed by atoms with van der Waals surface area (Å²) in [6, 6.07) is 37.5. The van der Waals surface area contributed by atoms with Crippen LogP contribution in [-0.4, -0.2) is 24.3 Å². The third-order valence-corrected chi connectivity index (χ3v) is 9.11. The Morgan fingerprint density at radius 3 is 2.15 bits per heavy atom. The first-order valence-electron chi connectivity index (χ1n) is 16.2. The molecule has 0 aliphatic heterocycles. The number of hydrogen-bond donors (Lipinski definition) is 0. The molecule has 0 N–H and O–H groups in total. The van der Waals surface area contributed by atoms with E-state index in [9.17, 15) is 0 Å². The Kier molecular flexibility index (Phi) is 7.14. The zero-order valence-electron chi connectivity index (χ0n) is 27.7. The normalized spacial score (nSPS) is 11.4. The zero-order chi connectivity index (χ0) is 32.9. The van der Waals surface area contributed by atoms with E-state index in [1.54, 1.807) is 0 Å². The molecule has 0 fully saturated rings. The van der Waals surface area contributed by atoms with Gasteiger partial charge in [-0.25, -0.2) is 9.67 Å². The summed E-state index contributed by atoms with van der Waals surface area (Å²) in [6.45, 7) is 10.7. The van der Waals surface area contributed by atoms with Crippen molar-refractivity contribution in [3.05, 3.63) is 150 Å². The van der Waals surface area contributed by atoms with Gasteiger partial charge in [0.15, 0.2) is 0 Å². The molecule has 8 aromatic rings. The van der Waals surface area contributed by atoms with Crippen LogP contribution in [0.15, 0.2) is 122 Å². The fraction of sp³-hybridized carbons (Fsp3) is 0.119. The van der Waals surface area contributed by atoms with Crippen molar-refractivity contribution in [2.75, 3.05) is 0 Å². The first-order valence-corrected chi connectivity index (χ1v) is 16.2. The molecule has 0 unspecified atom stereocenters. The lowest BCUT2D eigenvalue weighted by Gasteiger charge is -2.14. The molecule has 0 saturated heterocycles. The lowest BCUT2D eigenvalue weighted by molar-refractivity contribution is 0.482. The largest absolute Gasteiger partial charge is 0.457 e. The molecule has 0 atom stereocenters. The summed E-state index contributed by atoms with van der Waals surface area (Å²) in [7, 11) is 0. The molecule has 48 heavy (non-hydrogen) atoms. The van der Waals surface area contributed by atoms with Gasteiger partial charge in [-0.05, 0) is 124 Å². The highest BCUT2D eigenvalue weighted by Crippen LogP contribution is 2.38. The third-order valence-electron chi connectivity index (χ3n) is 9.11. The van der Waals surface area contributed by atoms with Gasteiger partial charge in [-0.3, -0.25) is 9.55 Å². The zero-order valence-corrected chi connectivity index (χ0v) is 27.7. The number of aryl methyl sites for hydroxylation is 4. The van der Waals surface area contributed by atoms with E-state index in [0.717, 1.165) is 73.2 Å². The number of nitrogens with zero attached hydrogens (tertiary/aromatic N) is 5. The maximum Gasteiger partial charge on any atom is 0.137 e. The van der Waals surface area contributed by atoms with Gasteiger partial charge in [0.25, 0.3) is 0 Å². The fourth-order valence-electron chi connectivity index (χ4n) is 7.01. The molecule has 0 aliphatic rings. The Balaban J connectivity index is 1.15. The van der Waals surface area contributed by atoms with Gasteiger partial charge < -0.3 is 4.74 Å². The minimum atomic E-state index is 0.740. The van der Waals surface area contributed by atoms with Crippen molar-refractivity contribution in [2.24, 2.45) is 0 Å². The van der Waals surface area contributed by atoms with Crippen LogP contribution in [0, 0.1) is 34.6 Å². The molecule has 234 valence electrons. The number of aromatic nitrogens is 5. The quantitative estimate of drug-likeness (QED) is 0.184. The molecule has 0 bridgehead atoms. The number of rotatable bonds is 6. The van der Waals surface area contributed by atoms with Crippen molar-refractivity contribution in [3.8, 4) is 45.4 Å². The second kappa shape index (κ2) is 11.7. The number of fused-ring (bicyclic) bond motifs is 3. The molecule has 4 aromatic carbocycles. The SMILES string of the molecule is Cc1ccnc(-n2c3ccccc3c3ccc(Oc4cccc(-n5nc(C)c(-c6c(C)cc(-c7ccccn7)cc6C)c5C)c4)cc32)c1. The molecule has 4 heterocycles. The number of ether oxygens (including phenoxy) is 1. The Morgan fingerprint density at radius 2 is 1.35 bits per heavy atom. The molecule has 0 radical (unpaired) electrons. The number of para-hydroxylation sites is 1. The van der Waals surface area contributed by atoms with Crippen LogP contribution in [0.1, 0.15) is 28.1 Å². The predicted molar refractivity (Wildman–Crippen MR) is 195 cm³/mol. The first-order chi connectivity index (χ1) is 23.4. The molecule has 0 spiro atoms. The second-order valence-corrected chi connectivity index (χ2v) is 12.5. The van der Waals surface area contributed by atoms with E-state index in [1.807, 2.05) is 53.5 Å². The van der Waals surface area contributed by atoms with Gasteiger partial charge in [0, 0.05) is 52.1 Å². The summed E-state index contributed by atoms with van der Waals surface area (Å²) >= 11 is 0. The Morgan fingerprint density at radius 1 is 0.583 bits per heavy atom. The lowest BCUT2D eigenvalue weighted by atomic mass is 9.91. The van der Waals surface area contributed by atoms with Crippen molar-refractivity contribution in [1.29, 1.82) is 0 Å². The van der Waals surface area contributed by atoms with Crippen LogP contribution in [-0.2, 0) is 0 Å². The fourth-order valence-corrected chi connectivity index (χ4v) is 7.01. The van der Waals surface area contributed by atoms with Crippen molar-refractivity contribution >= 4 is 21.8 Å². The molecule has 6 heteroatoms. The summed E-state index contributed by atoms with van der Waals surface area (Å²) in [5.41, 5.74) is 13.2. The molecule has 0 aliphatic carbocycles. The van der Waals surface area contributed by atoms with Crippen molar-refractivity contribution < 1.29 is 4.74 Å². The van der Waals surface area contributed by atoms with E-state index in [1.165, 1.54) is 22.1 Å². The highest BCUT2D eigenvalue weighted by Gasteiger charge is 2.20. The number of hydrogen-bond acceptors (Lipinski definition) is 4. The van der Waals surface area contributed by atoms with Crippen LogP contribution in [0.4, 0.5) is 0 Å². The number of benzene rings is 4. The van der Waals surface area contributed by atoms with Crippen LogP contribution in [0.5, 0.6) is 11.5 Å². The van der Waals surface area contributed by atoms with Crippen molar-refractivity contribution in [3.63, 3.8) is 0 Å². The monoisotopic (exact) mass is 625 g/mol. The van der Waals surface area contributed by atoms with E-state index >= 15 is 0 Å². The summed E-state index contributed by atoms with van der Waals surface area (Å²) in [5.74, 6) is 2.38. The molecular weight excluding hydrogens is 590 g/mol. The van der Waals surface area contributed by atoms with Gasteiger partial charge >= 0.3 is 0 Å². The average Bonchev–Trinajstić information content (AvgIpc) is 3.57.